The van der Waals surface area contributed by atoms with E-state index in [1.54, 1.807) is 12.1 Å². The number of halogens is 1. The Balaban J connectivity index is 1.83. The fourth-order valence-corrected chi connectivity index (χ4v) is 2.11. The van der Waals surface area contributed by atoms with Gasteiger partial charge in [-0.15, -0.1) is 5.10 Å². The summed E-state index contributed by atoms with van der Waals surface area (Å²) in [6, 6.07) is 5.82. The minimum Gasteiger partial charge on any atom is -0.351 e. The van der Waals surface area contributed by atoms with E-state index in [1.807, 2.05) is 0 Å². The molecule has 0 aliphatic carbocycles. The van der Waals surface area contributed by atoms with E-state index >= 15 is 0 Å². The lowest BCUT2D eigenvalue weighted by Crippen LogP contribution is -2.30. The van der Waals surface area contributed by atoms with Crippen LogP contribution in [0.5, 0.6) is 0 Å². The number of aromatic nitrogens is 3. The van der Waals surface area contributed by atoms with Crippen LogP contribution in [-0.2, 0) is 11.3 Å². The molecule has 2 aromatic rings. The van der Waals surface area contributed by atoms with E-state index in [1.165, 1.54) is 12.1 Å². The Hall–Kier alpha value is -2.42. The summed E-state index contributed by atoms with van der Waals surface area (Å²) in [5.41, 5.74) is 0.282. The second kappa shape index (κ2) is 6.84. The molecule has 0 radical (unpaired) electrons. The highest BCUT2D eigenvalue weighted by molar-refractivity contribution is 7.99. The number of carbonyl (C=O) groups excluding carboxylic acids is 1. The topological polar surface area (TPSA) is 103 Å². The molecule has 0 saturated carbocycles. The van der Waals surface area contributed by atoms with Gasteiger partial charge in [0.05, 0.1) is 5.75 Å². The molecule has 0 spiro atoms. The largest absolute Gasteiger partial charge is 0.351 e. The van der Waals surface area contributed by atoms with Crippen molar-refractivity contribution in [3.05, 3.63) is 52.2 Å². The maximum absolute atomic E-state index is 12.7. The quantitative estimate of drug-likeness (QED) is 0.590. The van der Waals surface area contributed by atoms with Gasteiger partial charge in [0.25, 0.3) is 5.56 Å². The molecule has 1 heterocycles. The first-order valence-electron chi connectivity index (χ1n) is 5.90. The third kappa shape index (κ3) is 4.28. The molecule has 1 aromatic heterocycles. The van der Waals surface area contributed by atoms with Gasteiger partial charge in [-0.3, -0.25) is 9.59 Å². The first kappa shape index (κ1) is 15.0. The SMILES string of the molecule is Nn1c(SCC(=O)NCc2ccc(F)cc2)nncc1=O. The average molecular weight is 309 g/mol. The molecular formula is C12H12FN5O2S. The summed E-state index contributed by atoms with van der Waals surface area (Å²) in [5, 5.41) is 9.96. The predicted molar refractivity (Wildman–Crippen MR) is 75.4 cm³/mol. The molecule has 1 amide bonds. The van der Waals surface area contributed by atoms with Crippen LogP contribution in [0, 0.1) is 5.82 Å². The molecule has 7 nitrogen and oxygen atoms in total. The van der Waals surface area contributed by atoms with Crippen molar-refractivity contribution in [2.24, 2.45) is 0 Å². The number of carbonyl (C=O) groups is 1. The van der Waals surface area contributed by atoms with Gasteiger partial charge in [0.15, 0.2) is 0 Å². The minimum absolute atomic E-state index is 0.0382. The molecule has 110 valence electrons. The Labute approximate surface area is 123 Å². The van der Waals surface area contributed by atoms with Gasteiger partial charge in [-0.1, -0.05) is 23.9 Å². The van der Waals surface area contributed by atoms with Gasteiger partial charge in [-0.2, -0.15) is 9.77 Å². The number of benzene rings is 1. The minimum atomic E-state index is -0.501. The third-order valence-corrected chi connectivity index (χ3v) is 3.43. The van der Waals surface area contributed by atoms with E-state index in [-0.39, 0.29) is 29.2 Å². The number of thioether (sulfide) groups is 1. The lowest BCUT2D eigenvalue weighted by molar-refractivity contribution is -0.118. The van der Waals surface area contributed by atoms with E-state index in [2.05, 4.69) is 15.5 Å². The Morgan fingerprint density at radius 3 is 2.81 bits per heavy atom. The van der Waals surface area contributed by atoms with E-state index in [0.717, 1.165) is 28.2 Å². The molecule has 9 heteroatoms. The average Bonchev–Trinajstić information content (AvgIpc) is 2.48. The summed E-state index contributed by atoms with van der Waals surface area (Å²) < 4.78 is 13.5. The molecule has 0 saturated heterocycles. The van der Waals surface area contributed by atoms with Crippen molar-refractivity contribution >= 4 is 17.7 Å². The standard InChI is InChI=1S/C12H12FN5O2S/c13-9-3-1-8(2-4-9)5-15-10(19)7-21-12-17-16-6-11(20)18(12)14/h1-4,6H,5,7,14H2,(H,15,19). The smallest absolute Gasteiger partial charge is 0.291 e. The van der Waals surface area contributed by atoms with Crippen LogP contribution in [-0.4, -0.2) is 26.5 Å². The highest BCUT2D eigenvalue weighted by Crippen LogP contribution is 2.10. The molecule has 0 aliphatic rings. The number of hydrogen-bond acceptors (Lipinski definition) is 6. The van der Waals surface area contributed by atoms with Crippen LogP contribution in [0.1, 0.15) is 5.56 Å². The summed E-state index contributed by atoms with van der Waals surface area (Å²) in [4.78, 5) is 22.9. The highest BCUT2D eigenvalue weighted by atomic mass is 32.2. The van der Waals surface area contributed by atoms with Crippen molar-refractivity contribution in [1.29, 1.82) is 0 Å². The van der Waals surface area contributed by atoms with Crippen LogP contribution >= 0.6 is 11.8 Å². The molecule has 21 heavy (non-hydrogen) atoms. The van der Waals surface area contributed by atoms with Crippen LogP contribution in [0.15, 0.2) is 40.4 Å². The molecule has 0 aliphatic heterocycles. The van der Waals surface area contributed by atoms with Crippen LogP contribution in [0.4, 0.5) is 4.39 Å². The van der Waals surface area contributed by atoms with Gasteiger partial charge in [0.1, 0.15) is 12.0 Å². The van der Waals surface area contributed by atoms with E-state index in [4.69, 9.17) is 5.84 Å². The Bertz CT molecular complexity index is 689. The van der Waals surface area contributed by atoms with Gasteiger partial charge in [-0.05, 0) is 17.7 Å². The van der Waals surface area contributed by atoms with Crippen molar-refractivity contribution in [2.75, 3.05) is 11.6 Å². The zero-order valence-corrected chi connectivity index (χ0v) is 11.6. The summed E-state index contributed by atoms with van der Waals surface area (Å²) in [6.07, 6.45) is 0.985. The second-order valence-electron chi connectivity index (χ2n) is 4.03. The first-order valence-corrected chi connectivity index (χ1v) is 6.88. The molecular weight excluding hydrogens is 297 g/mol. The number of nitrogens with one attached hydrogen (secondary N) is 1. The highest BCUT2D eigenvalue weighted by Gasteiger charge is 2.08. The van der Waals surface area contributed by atoms with Crippen molar-refractivity contribution in [2.45, 2.75) is 11.7 Å². The Morgan fingerprint density at radius 1 is 1.38 bits per heavy atom. The lowest BCUT2D eigenvalue weighted by atomic mass is 10.2. The molecule has 0 atom stereocenters. The number of hydrogen-bond donors (Lipinski definition) is 2. The summed E-state index contributed by atoms with van der Waals surface area (Å²) >= 11 is 0.999. The van der Waals surface area contributed by atoms with E-state index < -0.39 is 5.56 Å². The van der Waals surface area contributed by atoms with Crippen LogP contribution in [0.25, 0.3) is 0 Å². The fourth-order valence-electron chi connectivity index (χ4n) is 1.41. The monoisotopic (exact) mass is 309 g/mol. The van der Waals surface area contributed by atoms with E-state index in [9.17, 15) is 14.0 Å². The first-order chi connectivity index (χ1) is 10.1. The summed E-state index contributed by atoms with van der Waals surface area (Å²) in [5.74, 6) is 4.91. The summed E-state index contributed by atoms with van der Waals surface area (Å²) in [6.45, 7) is 0.287. The van der Waals surface area contributed by atoms with Crippen molar-refractivity contribution < 1.29 is 9.18 Å². The van der Waals surface area contributed by atoms with Crippen LogP contribution in [0.3, 0.4) is 0 Å². The zero-order valence-electron chi connectivity index (χ0n) is 10.8. The number of nitrogens with two attached hydrogens (primary N) is 1. The normalized spacial score (nSPS) is 10.3. The predicted octanol–water partition coefficient (Wildman–Crippen LogP) is -0.100. The maximum atomic E-state index is 12.7. The van der Waals surface area contributed by atoms with Gasteiger partial charge in [0, 0.05) is 6.54 Å². The number of nitrogens with zero attached hydrogens (tertiary/aromatic N) is 3. The lowest BCUT2D eigenvalue weighted by Gasteiger charge is -2.06. The van der Waals surface area contributed by atoms with Crippen LogP contribution in [0.2, 0.25) is 0 Å². The second-order valence-corrected chi connectivity index (χ2v) is 4.97. The molecule has 1 aromatic carbocycles. The number of rotatable bonds is 5. The van der Waals surface area contributed by atoms with E-state index in [0.29, 0.717) is 0 Å². The Morgan fingerprint density at radius 2 is 2.10 bits per heavy atom. The maximum Gasteiger partial charge on any atom is 0.291 e. The zero-order chi connectivity index (χ0) is 15.2. The fraction of sp³-hybridized carbons (Fsp3) is 0.167. The molecule has 0 bridgehead atoms. The van der Waals surface area contributed by atoms with Crippen molar-refractivity contribution in [1.82, 2.24) is 20.2 Å². The van der Waals surface area contributed by atoms with Crippen molar-refractivity contribution in [3.63, 3.8) is 0 Å². The molecule has 0 unspecified atom stereocenters. The van der Waals surface area contributed by atoms with Crippen molar-refractivity contribution in [3.8, 4) is 0 Å². The number of amides is 1. The molecule has 3 N–H and O–H groups in total. The number of nitrogen functional groups attached to an aromatic ring is 1. The Kier molecular flexibility index (Phi) is 4.88. The van der Waals surface area contributed by atoms with Gasteiger partial charge >= 0.3 is 0 Å². The summed E-state index contributed by atoms with van der Waals surface area (Å²) in [7, 11) is 0. The third-order valence-electron chi connectivity index (χ3n) is 2.49. The molecule has 0 fully saturated rings. The van der Waals surface area contributed by atoms with Crippen LogP contribution < -0.4 is 16.7 Å². The van der Waals surface area contributed by atoms with Gasteiger partial charge < -0.3 is 11.2 Å². The molecule has 2 rings (SSSR count). The van der Waals surface area contributed by atoms with Gasteiger partial charge in [-0.25, -0.2) is 4.39 Å². The van der Waals surface area contributed by atoms with Gasteiger partial charge in [0.2, 0.25) is 11.1 Å².